The van der Waals surface area contributed by atoms with Crippen LogP contribution in [-0.4, -0.2) is 25.2 Å². The van der Waals surface area contributed by atoms with Gasteiger partial charge in [-0.15, -0.1) is 0 Å². The van der Waals surface area contributed by atoms with Gasteiger partial charge in [0.2, 0.25) is 0 Å². The van der Waals surface area contributed by atoms with Crippen molar-refractivity contribution in [3.05, 3.63) is 108 Å². The van der Waals surface area contributed by atoms with Crippen LogP contribution in [0.25, 0.3) is 43.8 Å². The first-order valence-corrected chi connectivity index (χ1v) is 18.6. The van der Waals surface area contributed by atoms with Crippen LogP contribution in [0.2, 0.25) is 0 Å². The third kappa shape index (κ3) is 7.40. The lowest BCUT2D eigenvalue weighted by atomic mass is 9.88. The molecule has 0 radical (unpaired) electrons. The van der Waals surface area contributed by atoms with Gasteiger partial charge in [-0.05, 0) is 119 Å². The highest BCUT2D eigenvalue weighted by atomic mass is 14.9. The summed E-state index contributed by atoms with van der Waals surface area (Å²) in [5.41, 5.74) is 8.52. The molecule has 0 heterocycles. The number of nitrogens with two attached hydrogens (primary N) is 2. The molecule has 0 aliphatic heterocycles. The van der Waals surface area contributed by atoms with E-state index >= 15 is 0 Å². The zero-order valence-electron chi connectivity index (χ0n) is 27.9. The van der Waals surface area contributed by atoms with Crippen LogP contribution in [0.15, 0.2) is 97.1 Å². The van der Waals surface area contributed by atoms with Crippen molar-refractivity contribution in [1.29, 1.82) is 0 Å². The van der Waals surface area contributed by atoms with E-state index in [1.165, 1.54) is 145 Å². The van der Waals surface area contributed by atoms with Crippen molar-refractivity contribution in [2.75, 3.05) is 13.1 Å². The van der Waals surface area contributed by atoms with Gasteiger partial charge in [-0.1, -0.05) is 110 Å². The minimum absolute atomic E-state index is 0.853. The fourth-order valence-corrected chi connectivity index (χ4v) is 8.57. The average Bonchev–Trinajstić information content (AvgIpc) is 3.12. The zero-order valence-corrected chi connectivity index (χ0v) is 27.9. The van der Waals surface area contributed by atoms with E-state index in [0.717, 1.165) is 24.9 Å². The molecule has 0 unspecified atom stereocenters. The van der Waals surface area contributed by atoms with Crippen molar-refractivity contribution in [2.24, 2.45) is 0 Å². The van der Waals surface area contributed by atoms with Gasteiger partial charge >= 0.3 is 0 Å². The van der Waals surface area contributed by atoms with Crippen LogP contribution in [0.3, 0.4) is 0 Å². The Hall–Kier alpha value is -3.46. The van der Waals surface area contributed by atoms with Crippen LogP contribution in [0.1, 0.15) is 88.2 Å². The number of hydrogen-bond donors (Lipinski definition) is 2. The third-order valence-corrected chi connectivity index (χ3v) is 11.1. The van der Waals surface area contributed by atoms with Crippen molar-refractivity contribution in [2.45, 2.75) is 102 Å². The maximum Gasteiger partial charge on any atom is 0.0859 e. The minimum Gasteiger partial charge on any atom is -0.344 e. The van der Waals surface area contributed by atoms with Gasteiger partial charge in [0.25, 0.3) is 0 Å². The zero-order chi connectivity index (χ0) is 31.0. The molecule has 0 aromatic heterocycles. The molecule has 238 valence electrons. The van der Waals surface area contributed by atoms with Crippen molar-refractivity contribution in [3.8, 4) is 22.3 Å². The van der Waals surface area contributed by atoms with E-state index in [-0.39, 0.29) is 0 Å². The summed E-state index contributed by atoms with van der Waals surface area (Å²) in [5, 5.41) is 10.7. The van der Waals surface area contributed by atoms with Gasteiger partial charge in [-0.2, -0.15) is 0 Å². The van der Waals surface area contributed by atoms with Gasteiger partial charge in [-0.25, -0.2) is 0 Å². The van der Waals surface area contributed by atoms with E-state index in [1.807, 2.05) is 0 Å². The van der Waals surface area contributed by atoms with E-state index in [9.17, 15) is 0 Å². The fourth-order valence-electron chi connectivity index (χ4n) is 8.57. The second-order valence-corrected chi connectivity index (χ2v) is 14.3. The molecule has 2 heteroatoms. The summed E-state index contributed by atoms with van der Waals surface area (Å²) in [6, 6.07) is 38.7. The number of aryl methyl sites for hydroxylation is 2. The standard InChI is InChI=1S/C44H52N2/c1-3-17-39(18-4-1)45-31-11-15-35-25-23-33-13-7-9-21-41(33)43(35)37-27-29-38(30-28-37)44-36(26-24-34-14-8-10-22-42(34)44)16-12-32-46-40-19-5-2-6-20-40/h7-10,13-14,21-30,39-40,45-46H,1-6,11-12,15-20,31-32H2/p+2. The molecule has 5 aromatic rings. The predicted molar refractivity (Wildman–Crippen MR) is 196 cm³/mol. The van der Waals surface area contributed by atoms with Gasteiger partial charge in [-0.3, -0.25) is 0 Å². The lowest BCUT2D eigenvalue weighted by Crippen LogP contribution is -2.90. The molecule has 5 aromatic carbocycles. The lowest BCUT2D eigenvalue weighted by Gasteiger charge is -2.20. The Balaban J connectivity index is 1.13. The van der Waals surface area contributed by atoms with Crippen molar-refractivity contribution in [1.82, 2.24) is 0 Å². The van der Waals surface area contributed by atoms with Gasteiger partial charge in [0.15, 0.2) is 0 Å². The highest BCUT2D eigenvalue weighted by molar-refractivity contribution is 6.00. The second kappa shape index (κ2) is 15.4. The first-order chi connectivity index (χ1) is 22.8. The molecule has 2 nitrogen and oxygen atoms in total. The molecule has 0 saturated heterocycles. The Morgan fingerprint density at radius 1 is 0.435 bits per heavy atom. The molecule has 2 fully saturated rings. The number of benzene rings is 5. The molecule has 4 N–H and O–H groups in total. The van der Waals surface area contributed by atoms with Crippen LogP contribution in [0.4, 0.5) is 0 Å². The average molecular weight is 611 g/mol. The first kappa shape index (κ1) is 31.2. The molecule has 46 heavy (non-hydrogen) atoms. The van der Waals surface area contributed by atoms with Crippen LogP contribution in [0, 0.1) is 0 Å². The number of rotatable bonds is 12. The van der Waals surface area contributed by atoms with Crippen LogP contribution in [-0.2, 0) is 12.8 Å². The van der Waals surface area contributed by atoms with Crippen molar-refractivity contribution in [3.63, 3.8) is 0 Å². The second-order valence-electron chi connectivity index (χ2n) is 14.3. The lowest BCUT2D eigenvalue weighted by molar-refractivity contribution is -0.692. The highest BCUT2D eigenvalue weighted by Crippen LogP contribution is 2.37. The van der Waals surface area contributed by atoms with Gasteiger partial charge in [0.05, 0.1) is 25.2 Å². The van der Waals surface area contributed by atoms with Crippen molar-refractivity contribution >= 4 is 21.5 Å². The smallest absolute Gasteiger partial charge is 0.0859 e. The summed E-state index contributed by atoms with van der Waals surface area (Å²) in [5.74, 6) is 0. The molecule has 0 atom stereocenters. The van der Waals surface area contributed by atoms with E-state index < -0.39 is 0 Å². The highest BCUT2D eigenvalue weighted by Gasteiger charge is 2.18. The molecule has 0 spiro atoms. The summed E-state index contributed by atoms with van der Waals surface area (Å²) in [4.78, 5) is 0. The van der Waals surface area contributed by atoms with Crippen LogP contribution in [0.5, 0.6) is 0 Å². The Labute approximate surface area is 277 Å². The van der Waals surface area contributed by atoms with Crippen LogP contribution < -0.4 is 10.6 Å². The molecule has 2 saturated carbocycles. The summed E-state index contributed by atoms with van der Waals surface area (Å²) < 4.78 is 0. The monoisotopic (exact) mass is 610 g/mol. The quantitative estimate of drug-likeness (QED) is 0.132. The summed E-state index contributed by atoms with van der Waals surface area (Å²) in [7, 11) is 0. The Morgan fingerprint density at radius 2 is 0.848 bits per heavy atom. The Morgan fingerprint density at radius 3 is 1.28 bits per heavy atom. The maximum atomic E-state index is 2.64. The summed E-state index contributed by atoms with van der Waals surface area (Å²) in [6.07, 6.45) is 18.9. The van der Waals surface area contributed by atoms with Gasteiger partial charge in [0, 0.05) is 12.8 Å². The van der Waals surface area contributed by atoms with Gasteiger partial charge in [0.1, 0.15) is 0 Å². The number of fused-ring (bicyclic) bond motifs is 2. The van der Waals surface area contributed by atoms with E-state index in [4.69, 9.17) is 0 Å². The topological polar surface area (TPSA) is 33.2 Å². The number of quaternary nitrogens is 2. The Bertz CT molecular complexity index is 1580. The molecular weight excluding hydrogens is 556 g/mol. The molecule has 0 bridgehead atoms. The summed E-state index contributed by atoms with van der Waals surface area (Å²) >= 11 is 0. The third-order valence-electron chi connectivity index (χ3n) is 11.1. The van der Waals surface area contributed by atoms with E-state index in [0.29, 0.717) is 0 Å². The fraction of sp³-hybridized carbons (Fsp3) is 0.409. The van der Waals surface area contributed by atoms with E-state index in [1.54, 1.807) is 0 Å². The summed E-state index contributed by atoms with van der Waals surface area (Å²) in [6.45, 7) is 2.47. The Kier molecular flexibility index (Phi) is 10.4. The largest absolute Gasteiger partial charge is 0.344 e. The van der Waals surface area contributed by atoms with Crippen molar-refractivity contribution < 1.29 is 10.6 Å². The predicted octanol–water partition coefficient (Wildman–Crippen LogP) is 8.98. The molecule has 2 aliphatic rings. The SMILES string of the molecule is c1ccc2c(-c3ccc(-c4c(CCC[NH2+]C5CCCCC5)ccc5ccccc45)cc3)c(CCC[NH2+]C3CCCCC3)ccc2c1. The normalized spacial score (nSPS) is 16.3. The van der Waals surface area contributed by atoms with Crippen LogP contribution >= 0.6 is 0 Å². The first-order valence-electron chi connectivity index (χ1n) is 18.6. The molecular formula is C44H54N2+2. The van der Waals surface area contributed by atoms with Gasteiger partial charge < -0.3 is 10.6 Å². The minimum atomic E-state index is 0.853. The molecule has 7 rings (SSSR count). The molecule has 2 aliphatic carbocycles. The number of hydrogen-bond acceptors (Lipinski definition) is 0. The van der Waals surface area contributed by atoms with E-state index in [2.05, 4.69) is 108 Å². The molecule has 0 amide bonds. The maximum absolute atomic E-state index is 2.64.